The summed E-state index contributed by atoms with van der Waals surface area (Å²) in [5.74, 6) is 0.639. The van der Waals surface area contributed by atoms with Crippen LogP contribution in [0.15, 0.2) is 28.7 Å². The van der Waals surface area contributed by atoms with Crippen LogP contribution in [0.25, 0.3) is 0 Å². The Kier molecular flexibility index (Phi) is 3.61. The van der Waals surface area contributed by atoms with Crippen molar-refractivity contribution in [1.82, 2.24) is 9.80 Å². The lowest BCUT2D eigenvalue weighted by molar-refractivity contribution is 0.215. The van der Waals surface area contributed by atoms with Gasteiger partial charge in [0.1, 0.15) is 5.84 Å². The van der Waals surface area contributed by atoms with Gasteiger partial charge in [-0.05, 0) is 19.2 Å². The van der Waals surface area contributed by atoms with Crippen LogP contribution in [0.3, 0.4) is 0 Å². The van der Waals surface area contributed by atoms with Gasteiger partial charge in [-0.15, -0.1) is 0 Å². The van der Waals surface area contributed by atoms with Crippen LogP contribution in [-0.2, 0) is 0 Å². The maximum atomic E-state index is 8.15. The number of likely N-dealkylation sites (N-methyl/N-ethyl adjacent to an activating group) is 1. The Balaban J connectivity index is 2.05. The van der Waals surface area contributed by atoms with Crippen LogP contribution in [0.4, 0.5) is 0 Å². The van der Waals surface area contributed by atoms with Gasteiger partial charge in [-0.25, -0.2) is 0 Å². The van der Waals surface area contributed by atoms with E-state index in [4.69, 9.17) is 5.41 Å². The molecule has 0 unspecified atom stereocenters. The molecule has 4 heteroatoms. The molecule has 1 aromatic carbocycles. The Labute approximate surface area is 105 Å². The maximum absolute atomic E-state index is 8.15. The van der Waals surface area contributed by atoms with Gasteiger partial charge < -0.3 is 9.80 Å². The van der Waals surface area contributed by atoms with Crippen molar-refractivity contribution >= 4 is 21.8 Å². The number of piperazine rings is 1. The van der Waals surface area contributed by atoms with Crippen LogP contribution in [0.5, 0.6) is 0 Å². The third-order valence-electron chi connectivity index (χ3n) is 2.94. The van der Waals surface area contributed by atoms with E-state index in [2.05, 4.69) is 32.8 Å². The second-order valence-corrected chi connectivity index (χ2v) is 5.06. The predicted molar refractivity (Wildman–Crippen MR) is 70.0 cm³/mol. The highest BCUT2D eigenvalue weighted by atomic mass is 79.9. The minimum absolute atomic E-state index is 0.639. The van der Waals surface area contributed by atoms with Gasteiger partial charge in [-0.2, -0.15) is 0 Å². The molecule has 1 aromatic rings. The Bertz CT molecular complexity index is 366. The number of amidine groups is 1. The number of hydrogen-bond donors (Lipinski definition) is 1. The number of rotatable bonds is 1. The molecule has 0 spiro atoms. The largest absolute Gasteiger partial charge is 0.354 e. The Morgan fingerprint density at radius 3 is 2.25 bits per heavy atom. The fourth-order valence-corrected chi connectivity index (χ4v) is 2.08. The molecule has 0 radical (unpaired) electrons. The van der Waals surface area contributed by atoms with E-state index in [1.54, 1.807) is 0 Å². The molecule has 86 valence electrons. The summed E-state index contributed by atoms with van der Waals surface area (Å²) in [5, 5.41) is 8.15. The first kappa shape index (κ1) is 11.6. The van der Waals surface area contributed by atoms with E-state index < -0.39 is 0 Å². The molecular formula is C12H16BrN3. The SMILES string of the molecule is CN1CCN(C(=N)c2ccc(Br)cc2)CC1. The highest BCUT2D eigenvalue weighted by Gasteiger charge is 2.17. The van der Waals surface area contributed by atoms with Gasteiger partial charge in [0.15, 0.2) is 0 Å². The van der Waals surface area contributed by atoms with Gasteiger partial charge in [-0.1, -0.05) is 28.1 Å². The number of hydrogen-bond acceptors (Lipinski definition) is 2. The summed E-state index contributed by atoms with van der Waals surface area (Å²) >= 11 is 3.41. The van der Waals surface area contributed by atoms with E-state index in [1.165, 1.54) is 0 Å². The van der Waals surface area contributed by atoms with Gasteiger partial charge >= 0.3 is 0 Å². The third kappa shape index (κ3) is 2.62. The molecule has 0 saturated carbocycles. The molecule has 2 rings (SSSR count). The first-order chi connectivity index (χ1) is 7.66. The average Bonchev–Trinajstić information content (AvgIpc) is 2.30. The van der Waals surface area contributed by atoms with E-state index >= 15 is 0 Å². The molecule has 1 fully saturated rings. The summed E-state index contributed by atoms with van der Waals surface area (Å²) in [7, 11) is 2.13. The number of benzene rings is 1. The summed E-state index contributed by atoms with van der Waals surface area (Å²) in [5.41, 5.74) is 0.993. The van der Waals surface area contributed by atoms with Crippen LogP contribution < -0.4 is 0 Å². The number of nitrogens with zero attached hydrogens (tertiary/aromatic N) is 2. The Morgan fingerprint density at radius 2 is 1.69 bits per heavy atom. The van der Waals surface area contributed by atoms with E-state index in [1.807, 2.05) is 24.3 Å². The fraction of sp³-hybridized carbons (Fsp3) is 0.417. The maximum Gasteiger partial charge on any atom is 0.128 e. The Morgan fingerprint density at radius 1 is 1.12 bits per heavy atom. The first-order valence-electron chi connectivity index (χ1n) is 5.45. The zero-order valence-electron chi connectivity index (χ0n) is 9.41. The van der Waals surface area contributed by atoms with Gasteiger partial charge in [0.05, 0.1) is 0 Å². The smallest absolute Gasteiger partial charge is 0.128 e. The average molecular weight is 282 g/mol. The zero-order valence-corrected chi connectivity index (χ0v) is 11.0. The highest BCUT2D eigenvalue weighted by Crippen LogP contribution is 2.13. The summed E-state index contributed by atoms with van der Waals surface area (Å²) in [6, 6.07) is 7.95. The number of nitrogens with one attached hydrogen (secondary N) is 1. The van der Waals surface area contributed by atoms with Gasteiger partial charge in [0.2, 0.25) is 0 Å². The molecule has 0 aliphatic carbocycles. The molecule has 1 heterocycles. The number of halogens is 1. The second-order valence-electron chi connectivity index (χ2n) is 4.15. The lowest BCUT2D eigenvalue weighted by Gasteiger charge is -2.34. The molecule has 0 aromatic heterocycles. The van der Waals surface area contributed by atoms with E-state index in [0.717, 1.165) is 36.2 Å². The van der Waals surface area contributed by atoms with Gasteiger partial charge in [0.25, 0.3) is 0 Å². The van der Waals surface area contributed by atoms with E-state index in [9.17, 15) is 0 Å². The Hall–Kier alpha value is -0.870. The van der Waals surface area contributed by atoms with Crippen molar-refractivity contribution in [3.05, 3.63) is 34.3 Å². The van der Waals surface area contributed by atoms with Crippen molar-refractivity contribution in [2.24, 2.45) is 0 Å². The molecule has 1 saturated heterocycles. The van der Waals surface area contributed by atoms with Crippen molar-refractivity contribution < 1.29 is 0 Å². The minimum Gasteiger partial charge on any atom is -0.354 e. The second kappa shape index (κ2) is 4.97. The molecule has 1 N–H and O–H groups in total. The van der Waals surface area contributed by atoms with Crippen LogP contribution >= 0.6 is 15.9 Å². The van der Waals surface area contributed by atoms with Crippen molar-refractivity contribution in [2.45, 2.75) is 0 Å². The zero-order chi connectivity index (χ0) is 11.5. The van der Waals surface area contributed by atoms with Crippen molar-refractivity contribution in [2.75, 3.05) is 33.2 Å². The molecule has 0 amide bonds. The quantitative estimate of drug-likeness (QED) is 0.631. The summed E-state index contributed by atoms with van der Waals surface area (Å²) in [6.07, 6.45) is 0. The monoisotopic (exact) mass is 281 g/mol. The van der Waals surface area contributed by atoms with Crippen molar-refractivity contribution in [3.63, 3.8) is 0 Å². The third-order valence-corrected chi connectivity index (χ3v) is 3.47. The summed E-state index contributed by atoms with van der Waals surface area (Å²) < 4.78 is 1.06. The molecule has 0 bridgehead atoms. The molecule has 1 aliphatic rings. The normalized spacial score (nSPS) is 17.5. The first-order valence-corrected chi connectivity index (χ1v) is 6.24. The van der Waals surface area contributed by atoms with Gasteiger partial charge in [0, 0.05) is 36.2 Å². The lowest BCUT2D eigenvalue weighted by atomic mass is 10.2. The van der Waals surface area contributed by atoms with Crippen molar-refractivity contribution in [1.29, 1.82) is 5.41 Å². The fourth-order valence-electron chi connectivity index (χ4n) is 1.82. The van der Waals surface area contributed by atoms with Crippen LogP contribution in [0.1, 0.15) is 5.56 Å². The van der Waals surface area contributed by atoms with E-state index in [-0.39, 0.29) is 0 Å². The molecular weight excluding hydrogens is 266 g/mol. The molecule has 3 nitrogen and oxygen atoms in total. The predicted octanol–water partition coefficient (Wildman–Crippen LogP) is 2.02. The van der Waals surface area contributed by atoms with E-state index in [0.29, 0.717) is 5.84 Å². The van der Waals surface area contributed by atoms with Crippen molar-refractivity contribution in [3.8, 4) is 0 Å². The summed E-state index contributed by atoms with van der Waals surface area (Å²) in [4.78, 5) is 4.44. The highest BCUT2D eigenvalue weighted by molar-refractivity contribution is 9.10. The topological polar surface area (TPSA) is 30.3 Å². The van der Waals surface area contributed by atoms with Crippen LogP contribution in [-0.4, -0.2) is 48.9 Å². The standard InChI is InChI=1S/C12H16BrN3/c1-15-6-8-16(9-7-15)12(14)10-2-4-11(13)5-3-10/h2-5,14H,6-9H2,1H3. The lowest BCUT2D eigenvalue weighted by Crippen LogP contribution is -2.47. The minimum atomic E-state index is 0.639. The molecule has 1 aliphatic heterocycles. The molecule has 0 atom stereocenters. The molecule has 16 heavy (non-hydrogen) atoms. The van der Waals surface area contributed by atoms with Crippen LogP contribution in [0, 0.1) is 5.41 Å². The van der Waals surface area contributed by atoms with Gasteiger partial charge in [-0.3, -0.25) is 5.41 Å². The van der Waals surface area contributed by atoms with Crippen LogP contribution in [0.2, 0.25) is 0 Å². The summed E-state index contributed by atoms with van der Waals surface area (Å²) in [6.45, 7) is 3.98.